The van der Waals surface area contributed by atoms with Crippen molar-refractivity contribution >= 4 is 18.9 Å². The third-order valence-electron chi connectivity index (χ3n) is 1.50. The van der Waals surface area contributed by atoms with Crippen LogP contribution in [0, 0.1) is 0 Å². The summed E-state index contributed by atoms with van der Waals surface area (Å²) >= 11 is 0. The number of carbonyl (C=O) groups is 1. The van der Waals surface area contributed by atoms with E-state index < -0.39 is 0 Å². The van der Waals surface area contributed by atoms with Crippen LogP contribution in [0.25, 0.3) is 0 Å². The molecule has 0 aliphatic heterocycles. The molecule has 1 rings (SSSR count). The quantitative estimate of drug-likeness (QED) is 0.567. The van der Waals surface area contributed by atoms with Gasteiger partial charge < -0.3 is 11.3 Å². The maximum atomic E-state index is 8.36. The lowest BCUT2D eigenvalue weighted by atomic mass is 10.0. The maximum absolute atomic E-state index is 8.36. The van der Waals surface area contributed by atoms with E-state index in [1.807, 2.05) is 0 Å². The highest BCUT2D eigenvalue weighted by Gasteiger charge is 1.95. The van der Waals surface area contributed by atoms with Crippen molar-refractivity contribution in [2.24, 2.45) is 0 Å². The number of hydrogen-bond acceptors (Lipinski definition) is 2. The molecule has 0 atom stereocenters. The summed E-state index contributed by atoms with van der Waals surface area (Å²) in [5.74, 6) is 0. The topological polar surface area (TPSA) is 72.3 Å². The number of carboxylic acid groups (broad SMARTS) is 1. The Kier molecular flexibility index (Phi) is 25.3. The van der Waals surface area contributed by atoms with E-state index in [2.05, 4.69) is 0 Å². The third-order valence-corrected chi connectivity index (χ3v) is 1.50. The summed E-state index contributed by atoms with van der Waals surface area (Å²) in [5, 5.41) is 6.89. The zero-order chi connectivity index (χ0) is 6.95. The summed E-state index contributed by atoms with van der Waals surface area (Å²) in [6, 6.07) is 0. The average Bonchev–Trinajstić information content (AvgIpc) is 1.93. The first-order valence-corrected chi connectivity index (χ1v) is 3.49. The molecule has 0 saturated heterocycles. The van der Waals surface area contributed by atoms with Crippen molar-refractivity contribution in [1.29, 1.82) is 0 Å². The van der Waals surface area contributed by atoms with Crippen molar-refractivity contribution in [3.63, 3.8) is 0 Å². The monoisotopic (exact) mass is 183 g/mol. The molecule has 1 saturated carbocycles. The van der Waals surface area contributed by atoms with E-state index in [4.69, 9.17) is 9.90 Å². The van der Waals surface area contributed by atoms with Gasteiger partial charge in [0.2, 0.25) is 0 Å². The molecule has 0 aromatic carbocycles. The Bertz CT molecular complexity index is 56.0. The molecule has 11 heavy (non-hydrogen) atoms. The van der Waals surface area contributed by atoms with E-state index in [1.165, 1.54) is 38.5 Å². The van der Waals surface area contributed by atoms with E-state index in [0.29, 0.717) is 0 Å². The van der Waals surface area contributed by atoms with E-state index in [1.54, 1.807) is 0 Å². The smallest absolute Gasteiger partial charge is 0.290 e. The Morgan fingerprint density at radius 2 is 1.00 bits per heavy atom. The van der Waals surface area contributed by atoms with Gasteiger partial charge >= 0.3 is 0 Å². The lowest BCUT2D eigenvalue weighted by Gasteiger charge is -2.05. The van der Waals surface area contributed by atoms with Gasteiger partial charge in [-0.2, -0.15) is 0 Å². The highest BCUT2D eigenvalue weighted by Crippen LogP contribution is 2.15. The fourth-order valence-electron chi connectivity index (χ4n) is 1.06. The van der Waals surface area contributed by atoms with Gasteiger partial charge in [-0.1, -0.05) is 38.5 Å². The molecule has 0 heterocycles. The highest BCUT2D eigenvalue weighted by molar-refractivity contribution is 5.85. The van der Waals surface area contributed by atoms with Crippen LogP contribution in [-0.4, -0.2) is 11.6 Å². The molecule has 0 aromatic rings. The van der Waals surface area contributed by atoms with Crippen LogP contribution in [0.5, 0.6) is 0 Å². The summed E-state index contributed by atoms with van der Waals surface area (Å²) in [7, 11) is 0. The summed E-state index contributed by atoms with van der Waals surface area (Å²) < 4.78 is 0. The van der Waals surface area contributed by atoms with E-state index >= 15 is 0 Å². The van der Waals surface area contributed by atoms with Crippen LogP contribution in [0.1, 0.15) is 38.5 Å². The van der Waals surface area contributed by atoms with Crippen LogP contribution in [0.15, 0.2) is 0 Å². The van der Waals surface area contributed by atoms with Crippen molar-refractivity contribution in [3.05, 3.63) is 0 Å². The molecular weight excluding hydrogens is 166 g/mol. The van der Waals surface area contributed by atoms with Crippen LogP contribution in [0.4, 0.5) is 0 Å². The molecule has 70 valence electrons. The average molecular weight is 184 g/mol. The fourth-order valence-corrected chi connectivity index (χ4v) is 1.06. The highest BCUT2D eigenvalue weighted by atomic mass is 35.5. The molecule has 0 bridgehead atoms. The molecule has 1 aliphatic carbocycles. The van der Waals surface area contributed by atoms with Crippen molar-refractivity contribution in [3.8, 4) is 0 Å². The molecule has 1 aliphatic rings. The van der Waals surface area contributed by atoms with Crippen molar-refractivity contribution in [2.45, 2.75) is 38.5 Å². The van der Waals surface area contributed by atoms with Gasteiger partial charge in [0, 0.05) is 0 Å². The zero-order valence-electron chi connectivity index (χ0n) is 6.79. The normalized spacial score (nSPS) is 14.2. The van der Waals surface area contributed by atoms with Crippen molar-refractivity contribution < 1.29 is 9.90 Å². The molecule has 0 amide bonds. The molecular formula is C7H18ClNO2. The minimum absolute atomic E-state index is 0. The van der Waals surface area contributed by atoms with Crippen molar-refractivity contribution in [2.75, 3.05) is 0 Å². The first kappa shape index (κ1) is 17.0. The van der Waals surface area contributed by atoms with Crippen LogP contribution in [0.3, 0.4) is 0 Å². The van der Waals surface area contributed by atoms with Crippen LogP contribution in [-0.2, 0) is 4.79 Å². The number of rotatable bonds is 0. The Balaban J connectivity index is -0.000000116. The predicted molar refractivity (Wildman–Crippen MR) is 48.7 cm³/mol. The first-order valence-electron chi connectivity index (χ1n) is 3.49. The van der Waals surface area contributed by atoms with Gasteiger partial charge in [0.05, 0.1) is 0 Å². The lowest BCUT2D eigenvalue weighted by Crippen LogP contribution is -1.85. The summed E-state index contributed by atoms with van der Waals surface area (Å²) in [6.07, 6.45) is 9.00. The van der Waals surface area contributed by atoms with E-state index in [9.17, 15) is 0 Å². The summed E-state index contributed by atoms with van der Waals surface area (Å²) in [5.41, 5.74) is 0. The molecule has 1 fully saturated rings. The van der Waals surface area contributed by atoms with Gasteiger partial charge in [-0.15, -0.1) is 12.4 Å². The van der Waals surface area contributed by atoms with Crippen molar-refractivity contribution in [1.82, 2.24) is 6.15 Å². The Labute approximate surface area is 74.2 Å². The van der Waals surface area contributed by atoms with E-state index in [0.717, 1.165) is 0 Å². The second-order valence-corrected chi connectivity index (χ2v) is 2.23. The molecule has 0 aromatic heterocycles. The first-order chi connectivity index (χ1) is 4.41. The molecule has 3 nitrogen and oxygen atoms in total. The SMILES string of the molecule is C1CCCCC1.Cl.N.O=CO. The standard InChI is InChI=1S/C6H12.CH2O2.ClH.H3N/c1-2-4-6-5-3-1;2-1-3;;/h1-6H2;1H,(H,2,3);1H;1H3. The fraction of sp³-hybridized carbons (Fsp3) is 0.857. The zero-order valence-corrected chi connectivity index (χ0v) is 7.61. The molecule has 4 heteroatoms. The van der Waals surface area contributed by atoms with Crippen LogP contribution in [0.2, 0.25) is 0 Å². The van der Waals surface area contributed by atoms with Gasteiger partial charge in [-0.3, -0.25) is 4.79 Å². The summed E-state index contributed by atoms with van der Waals surface area (Å²) in [6.45, 7) is -0.250. The molecule has 0 radical (unpaired) electrons. The number of halogens is 1. The van der Waals surface area contributed by atoms with E-state index in [-0.39, 0.29) is 25.0 Å². The molecule has 0 unspecified atom stereocenters. The predicted octanol–water partition coefficient (Wildman–Crippen LogP) is 2.63. The summed E-state index contributed by atoms with van der Waals surface area (Å²) in [4.78, 5) is 8.36. The largest absolute Gasteiger partial charge is 0.483 e. The molecule has 0 spiro atoms. The van der Waals surface area contributed by atoms with Gasteiger partial charge in [-0.05, 0) is 0 Å². The van der Waals surface area contributed by atoms with Crippen LogP contribution < -0.4 is 6.15 Å². The number of hydrogen-bond donors (Lipinski definition) is 2. The second kappa shape index (κ2) is 16.4. The minimum Gasteiger partial charge on any atom is -0.483 e. The van der Waals surface area contributed by atoms with Gasteiger partial charge in [-0.25, -0.2) is 0 Å². The Morgan fingerprint density at radius 1 is 0.909 bits per heavy atom. The van der Waals surface area contributed by atoms with Gasteiger partial charge in [0.25, 0.3) is 6.47 Å². The Hall–Kier alpha value is -0.280. The van der Waals surface area contributed by atoms with Crippen LogP contribution >= 0.6 is 12.4 Å². The van der Waals surface area contributed by atoms with Gasteiger partial charge in [0.15, 0.2) is 0 Å². The maximum Gasteiger partial charge on any atom is 0.290 e. The third kappa shape index (κ3) is 17.7. The Morgan fingerprint density at radius 3 is 1.09 bits per heavy atom. The van der Waals surface area contributed by atoms with Gasteiger partial charge in [0.1, 0.15) is 0 Å². The minimum atomic E-state index is -0.250. The second-order valence-electron chi connectivity index (χ2n) is 2.23. The molecule has 4 N–H and O–H groups in total. The lowest BCUT2D eigenvalue weighted by molar-refractivity contribution is -0.122.